The molecule has 0 saturated carbocycles. The van der Waals surface area contributed by atoms with Crippen molar-refractivity contribution < 1.29 is 26.2 Å². The van der Waals surface area contributed by atoms with Crippen molar-refractivity contribution >= 4 is 35.4 Å². The van der Waals surface area contributed by atoms with Gasteiger partial charge in [0.15, 0.2) is 0 Å². The van der Waals surface area contributed by atoms with E-state index in [-0.39, 0.29) is 26.2 Å². The van der Waals surface area contributed by atoms with Crippen LogP contribution in [0.15, 0.2) is 77.0 Å². The third-order valence-corrected chi connectivity index (χ3v) is 11.3. The molecule has 29 heavy (non-hydrogen) atoms. The first-order valence-corrected chi connectivity index (χ1v) is 14.0. The van der Waals surface area contributed by atoms with Gasteiger partial charge in [-0.15, -0.1) is 34.5 Å². The number of hydrogen-bond donors (Lipinski definition) is 0. The largest absolute Gasteiger partial charge is 0.165 e. The minimum atomic E-state index is -0.976. The maximum absolute atomic E-state index is 2.50. The molecule has 0 fully saturated rings. The Labute approximate surface area is 197 Å². The van der Waals surface area contributed by atoms with Crippen molar-refractivity contribution in [2.24, 2.45) is 0 Å². The average Bonchev–Trinajstić information content (AvgIpc) is 3.38. The number of hydrogen-bond acceptors (Lipinski definition) is 1. The SMILES string of the molecule is CC1=C2c3cscc3C1[Si]2(C)C.Cc1cc2c(-c3ccccc3)cccc2[cH-]1.[Zr]. The van der Waals surface area contributed by atoms with Crippen LogP contribution in [-0.4, -0.2) is 8.07 Å². The van der Waals surface area contributed by atoms with Crippen LogP contribution in [0.2, 0.25) is 13.1 Å². The summed E-state index contributed by atoms with van der Waals surface area (Å²) < 4.78 is 0. The van der Waals surface area contributed by atoms with Crippen molar-refractivity contribution in [1.29, 1.82) is 0 Å². The average molecular weight is 489 g/mol. The van der Waals surface area contributed by atoms with Crippen LogP contribution in [0.1, 0.15) is 29.2 Å². The zero-order valence-corrected chi connectivity index (χ0v) is 21.7. The predicted octanol–water partition coefficient (Wildman–Crippen LogP) is 7.95. The molecular weight excluding hydrogens is 464 g/mol. The molecule has 1 atom stereocenters. The van der Waals surface area contributed by atoms with E-state index < -0.39 is 8.07 Å². The van der Waals surface area contributed by atoms with Crippen LogP contribution >= 0.6 is 11.3 Å². The second-order valence-electron chi connectivity index (χ2n) is 8.66. The molecule has 4 aromatic rings. The van der Waals surface area contributed by atoms with E-state index in [0.717, 1.165) is 5.54 Å². The van der Waals surface area contributed by atoms with Gasteiger partial charge in [-0.2, -0.15) is 17.4 Å². The van der Waals surface area contributed by atoms with Crippen LogP contribution in [0, 0.1) is 6.92 Å². The Morgan fingerprint density at radius 1 is 0.897 bits per heavy atom. The zero-order valence-electron chi connectivity index (χ0n) is 17.4. The van der Waals surface area contributed by atoms with Crippen LogP contribution in [0.25, 0.3) is 27.1 Å². The van der Waals surface area contributed by atoms with Crippen molar-refractivity contribution in [2.75, 3.05) is 0 Å². The molecule has 3 aliphatic rings. The maximum Gasteiger partial charge on any atom is 0.0931 e. The fraction of sp³-hybridized carbons (Fsp3) is 0.192. The number of fused-ring (bicyclic) bond motifs is 1. The van der Waals surface area contributed by atoms with E-state index >= 15 is 0 Å². The van der Waals surface area contributed by atoms with Gasteiger partial charge in [0.2, 0.25) is 0 Å². The maximum atomic E-state index is 2.50. The van der Waals surface area contributed by atoms with E-state index in [1.165, 1.54) is 27.5 Å². The molecule has 0 saturated heterocycles. The zero-order chi connectivity index (χ0) is 19.5. The van der Waals surface area contributed by atoms with Gasteiger partial charge in [0, 0.05) is 31.7 Å². The smallest absolute Gasteiger partial charge is 0.0931 e. The van der Waals surface area contributed by atoms with E-state index in [9.17, 15) is 0 Å². The summed E-state index contributed by atoms with van der Waals surface area (Å²) in [6.07, 6.45) is 0. The van der Waals surface area contributed by atoms with Crippen molar-refractivity contribution in [3.05, 3.63) is 93.7 Å². The van der Waals surface area contributed by atoms with Crippen LogP contribution < -0.4 is 0 Å². The van der Waals surface area contributed by atoms with Gasteiger partial charge >= 0.3 is 0 Å². The first-order valence-electron chi connectivity index (χ1n) is 9.97. The number of thiophene rings is 1. The van der Waals surface area contributed by atoms with Crippen molar-refractivity contribution in [2.45, 2.75) is 32.5 Å². The summed E-state index contributed by atoms with van der Waals surface area (Å²) in [4.78, 5) is 0. The van der Waals surface area contributed by atoms with Gasteiger partial charge in [0.05, 0.1) is 8.07 Å². The number of aryl methyl sites for hydroxylation is 1. The molecule has 3 aromatic carbocycles. The van der Waals surface area contributed by atoms with Crippen LogP contribution in [0.3, 0.4) is 0 Å². The molecule has 2 bridgehead atoms. The van der Waals surface area contributed by atoms with E-state index in [1.807, 2.05) is 11.3 Å². The Morgan fingerprint density at radius 2 is 1.66 bits per heavy atom. The van der Waals surface area contributed by atoms with Gasteiger partial charge in [-0.3, -0.25) is 0 Å². The van der Waals surface area contributed by atoms with Gasteiger partial charge in [0.25, 0.3) is 0 Å². The fourth-order valence-electron chi connectivity index (χ4n) is 5.43. The number of allylic oxidation sites excluding steroid dienone is 1. The van der Waals surface area contributed by atoms with Gasteiger partial charge in [-0.1, -0.05) is 72.7 Å². The Morgan fingerprint density at radius 3 is 2.34 bits per heavy atom. The molecule has 1 aromatic heterocycles. The molecule has 0 spiro atoms. The van der Waals surface area contributed by atoms with Crippen molar-refractivity contribution in [3.63, 3.8) is 0 Å². The van der Waals surface area contributed by atoms with Crippen molar-refractivity contribution in [3.8, 4) is 11.1 Å². The number of benzene rings is 2. The quantitative estimate of drug-likeness (QED) is 0.188. The first-order chi connectivity index (χ1) is 13.5. The van der Waals surface area contributed by atoms with Gasteiger partial charge in [-0.05, 0) is 34.4 Å². The van der Waals surface area contributed by atoms with Crippen LogP contribution in [0.5, 0.6) is 0 Å². The summed E-state index contributed by atoms with van der Waals surface area (Å²) in [6.45, 7) is 9.48. The fourth-order valence-corrected chi connectivity index (χ4v) is 10.9. The molecule has 0 N–H and O–H groups in total. The second kappa shape index (κ2) is 7.69. The van der Waals surface area contributed by atoms with Crippen LogP contribution in [0.4, 0.5) is 0 Å². The van der Waals surface area contributed by atoms with Crippen LogP contribution in [-0.2, 0) is 26.2 Å². The monoisotopic (exact) mass is 487 g/mol. The summed E-state index contributed by atoms with van der Waals surface area (Å²) >= 11 is 1.87. The minimum Gasteiger partial charge on any atom is -0.165 e. The Hall–Kier alpha value is -1.41. The predicted molar refractivity (Wildman–Crippen MR) is 127 cm³/mol. The topological polar surface area (TPSA) is 0 Å². The summed E-state index contributed by atoms with van der Waals surface area (Å²) in [6, 6.07) is 21.6. The van der Waals surface area contributed by atoms with Crippen molar-refractivity contribution in [1.82, 2.24) is 0 Å². The molecule has 0 amide bonds. The first kappa shape index (κ1) is 20.8. The molecule has 1 aliphatic carbocycles. The minimum absolute atomic E-state index is 0. The standard InChI is InChI=1S/C16H13.C10H12SSi.Zr/c1-12-10-14-8-5-9-15(16(14)11-12)13-6-3-2-4-7-13;1-6-9-7-4-11-5-8(7)10(6)12(9,2)3;/h2-11H,1H3;4-5,9H,1-3H3;/q-1;;. The van der Waals surface area contributed by atoms with E-state index in [0.29, 0.717) is 0 Å². The second-order valence-corrected chi connectivity index (χ2v) is 13.9. The van der Waals surface area contributed by atoms with Gasteiger partial charge in [-0.25, -0.2) is 0 Å². The molecule has 3 heterocycles. The number of rotatable bonds is 1. The normalized spacial score (nSPS) is 17.9. The summed E-state index contributed by atoms with van der Waals surface area (Å²) in [5, 5.41) is 9.16. The third kappa shape index (κ3) is 3.23. The summed E-state index contributed by atoms with van der Waals surface area (Å²) in [5.41, 5.74) is 9.78. The molecule has 0 radical (unpaired) electrons. The molecular formula is C26H25SSiZr-. The summed E-state index contributed by atoms with van der Waals surface area (Å²) in [7, 11) is -0.976. The summed E-state index contributed by atoms with van der Waals surface area (Å²) in [5.74, 6) is 0. The van der Waals surface area contributed by atoms with E-state index in [1.54, 1.807) is 21.9 Å². The van der Waals surface area contributed by atoms with Gasteiger partial charge in [0.1, 0.15) is 0 Å². The molecule has 1 unspecified atom stereocenters. The van der Waals surface area contributed by atoms with E-state index in [4.69, 9.17) is 0 Å². The molecule has 7 rings (SSSR count). The molecule has 3 heteroatoms. The molecule has 0 nitrogen and oxygen atoms in total. The van der Waals surface area contributed by atoms with Gasteiger partial charge < -0.3 is 0 Å². The molecule has 2 aliphatic heterocycles. The Balaban J connectivity index is 0.000000141. The van der Waals surface area contributed by atoms with E-state index in [2.05, 4.69) is 98.4 Å². The Kier molecular flexibility index (Phi) is 5.53. The Bertz CT molecular complexity index is 1210. The third-order valence-electron chi connectivity index (χ3n) is 6.45. The molecule has 144 valence electrons.